The number of amides is 2. The molecule has 2 aromatic carbocycles. The topological polar surface area (TPSA) is 114 Å². The number of carbonyl (C=O) groups is 3. The summed E-state index contributed by atoms with van der Waals surface area (Å²) in [5, 5.41) is 14.9. The number of methoxy groups -OCH3 is 1. The van der Waals surface area contributed by atoms with Crippen molar-refractivity contribution in [3.8, 4) is 11.1 Å². The Morgan fingerprint density at radius 3 is 2.29 bits per heavy atom. The van der Waals surface area contributed by atoms with Gasteiger partial charge in [0.25, 0.3) is 5.91 Å². The average molecular weight is 479 g/mol. The summed E-state index contributed by atoms with van der Waals surface area (Å²) >= 11 is 0. The van der Waals surface area contributed by atoms with Gasteiger partial charge < -0.3 is 25.2 Å². The lowest BCUT2D eigenvalue weighted by molar-refractivity contribution is -0.141. The lowest BCUT2D eigenvalue weighted by atomic mass is 9.71. The Balaban J connectivity index is 1.11. The molecule has 2 amide bonds. The van der Waals surface area contributed by atoms with Crippen molar-refractivity contribution in [2.24, 2.45) is 17.8 Å². The minimum Gasteiger partial charge on any atom is -0.481 e. The first-order chi connectivity index (χ1) is 17.0. The van der Waals surface area contributed by atoms with E-state index in [1.807, 2.05) is 24.3 Å². The van der Waals surface area contributed by atoms with Crippen molar-refractivity contribution in [3.63, 3.8) is 0 Å². The molecule has 2 saturated carbocycles. The van der Waals surface area contributed by atoms with E-state index in [1.165, 1.54) is 7.11 Å². The quantitative estimate of drug-likeness (QED) is 0.537. The highest BCUT2D eigenvalue weighted by molar-refractivity contribution is 5.82. The predicted molar refractivity (Wildman–Crippen MR) is 128 cm³/mol. The number of hydrogen-bond acceptors (Lipinski definition) is 5. The highest BCUT2D eigenvalue weighted by Crippen LogP contribution is 2.49. The molecule has 0 aromatic heterocycles. The third kappa shape index (κ3) is 4.50. The zero-order valence-corrected chi connectivity index (χ0v) is 19.6. The van der Waals surface area contributed by atoms with Crippen LogP contribution in [0.1, 0.15) is 36.3 Å². The molecule has 5 rings (SSSR count). The smallest absolute Gasteiger partial charge is 0.407 e. The summed E-state index contributed by atoms with van der Waals surface area (Å²) in [5.41, 5.74) is 4.57. The Morgan fingerprint density at radius 2 is 1.66 bits per heavy atom. The number of aliphatic carboxylic acids is 1. The van der Waals surface area contributed by atoms with Gasteiger partial charge in [0, 0.05) is 19.1 Å². The summed E-state index contributed by atoms with van der Waals surface area (Å²) in [4.78, 5) is 36.4. The fourth-order valence-corrected chi connectivity index (χ4v) is 5.98. The molecule has 184 valence electrons. The molecule has 3 aliphatic rings. The Bertz CT molecular complexity index is 1090. The summed E-state index contributed by atoms with van der Waals surface area (Å²) in [6.45, 7) is 0.178. The third-order valence-corrected chi connectivity index (χ3v) is 7.85. The molecule has 0 aliphatic heterocycles. The maximum atomic E-state index is 12.7. The van der Waals surface area contributed by atoms with Crippen LogP contribution in [0.4, 0.5) is 4.79 Å². The molecule has 8 nitrogen and oxygen atoms in total. The van der Waals surface area contributed by atoms with E-state index >= 15 is 0 Å². The third-order valence-electron chi connectivity index (χ3n) is 7.85. The number of nitrogens with one attached hydrogen (secondary N) is 2. The molecular formula is C27H30N2O6. The van der Waals surface area contributed by atoms with Gasteiger partial charge in [0.05, 0.1) is 12.5 Å². The van der Waals surface area contributed by atoms with E-state index in [4.69, 9.17) is 9.47 Å². The number of carboxylic acids is 1. The predicted octanol–water partition coefficient (Wildman–Crippen LogP) is 3.16. The number of carboxylic acid groups (broad SMARTS) is 1. The molecule has 0 saturated heterocycles. The van der Waals surface area contributed by atoms with Gasteiger partial charge >= 0.3 is 12.1 Å². The molecule has 0 radical (unpaired) electrons. The first kappa shape index (κ1) is 23.4. The fourth-order valence-electron chi connectivity index (χ4n) is 5.98. The molecular weight excluding hydrogens is 448 g/mol. The summed E-state index contributed by atoms with van der Waals surface area (Å²) in [6.07, 6.45) is 0.609. The van der Waals surface area contributed by atoms with Crippen molar-refractivity contribution in [2.45, 2.75) is 37.3 Å². The molecule has 0 bridgehead atoms. The molecule has 8 heteroatoms. The van der Waals surface area contributed by atoms with Crippen LogP contribution in [0.5, 0.6) is 0 Å². The maximum absolute atomic E-state index is 12.7. The molecule has 0 spiro atoms. The van der Waals surface area contributed by atoms with Crippen molar-refractivity contribution in [1.29, 1.82) is 0 Å². The van der Waals surface area contributed by atoms with E-state index in [0.717, 1.165) is 28.7 Å². The van der Waals surface area contributed by atoms with Crippen LogP contribution >= 0.6 is 0 Å². The fraction of sp³-hybridized carbons (Fsp3) is 0.444. The van der Waals surface area contributed by atoms with E-state index in [1.54, 1.807) is 0 Å². The van der Waals surface area contributed by atoms with E-state index < -0.39 is 18.2 Å². The molecule has 2 aromatic rings. The second kappa shape index (κ2) is 9.70. The molecule has 5 atom stereocenters. The second-order valence-electron chi connectivity index (χ2n) is 9.71. The molecule has 2 fully saturated rings. The number of benzene rings is 2. The normalized spacial score (nSPS) is 24.9. The van der Waals surface area contributed by atoms with E-state index in [-0.39, 0.29) is 42.9 Å². The van der Waals surface area contributed by atoms with Crippen LogP contribution in [0.3, 0.4) is 0 Å². The largest absolute Gasteiger partial charge is 0.481 e. The van der Waals surface area contributed by atoms with Gasteiger partial charge in [-0.3, -0.25) is 9.59 Å². The highest BCUT2D eigenvalue weighted by atomic mass is 16.5. The molecule has 2 unspecified atom stereocenters. The Hall–Kier alpha value is -3.39. The van der Waals surface area contributed by atoms with Gasteiger partial charge in [0.15, 0.2) is 6.10 Å². The molecule has 3 N–H and O–H groups in total. The van der Waals surface area contributed by atoms with Gasteiger partial charge in [0.2, 0.25) is 0 Å². The average Bonchev–Trinajstić information content (AvgIpc) is 3.37. The van der Waals surface area contributed by atoms with Gasteiger partial charge in [0.1, 0.15) is 6.61 Å². The first-order valence-corrected chi connectivity index (χ1v) is 12.1. The van der Waals surface area contributed by atoms with Crippen LogP contribution < -0.4 is 10.6 Å². The Kier molecular flexibility index (Phi) is 6.47. The second-order valence-corrected chi connectivity index (χ2v) is 9.71. The Morgan fingerprint density at radius 1 is 1.00 bits per heavy atom. The number of fused-ring (bicyclic) bond motifs is 4. The monoisotopic (exact) mass is 478 g/mol. The highest BCUT2D eigenvalue weighted by Gasteiger charge is 2.50. The lowest BCUT2D eigenvalue weighted by Crippen LogP contribution is -2.54. The zero-order chi connectivity index (χ0) is 24.5. The van der Waals surface area contributed by atoms with Gasteiger partial charge in [-0.05, 0) is 53.4 Å². The summed E-state index contributed by atoms with van der Waals surface area (Å²) < 4.78 is 10.8. The molecule has 0 heterocycles. The van der Waals surface area contributed by atoms with Crippen LogP contribution in [-0.2, 0) is 19.1 Å². The van der Waals surface area contributed by atoms with Crippen LogP contribution in [0.2, 0.25) is 0 Å². The number of ether oxygens (including phenoxy) is 2. The van der Waals surface area contributed by atoms with Crippen LogP contribution in [0, 0.1) is 17.8 Å². The van der Waals surface area contributed by atoms with Crippen molar-refractivity contribution in [2.75, 3.05) is 20.3 Å². The van der Waals surface area contributed by atoms with Gasteiger partial charge in [-0.1, -0.05) is 48.5 Å². The van der Waals surface area contributed by atoms with Gasteiger partial charge in [-0.2, -0.15) is 0 Å². The van der Waals surface area contributed by atoms with Gasteiger partial charge in [-0.15, -0.1) is 0 Å². The number of rotatable bonds is 8. The summed E-state index contributed by atoms with van der Waals surface area (Å²) in [6, 6.07) is 16.2. The minimum atomic E-state index is -0.855. The summed E-state index contributed by atoms with van der Waals surface area (Å²) in [7, 11) is 1.42. The number of carbonyl (C=O) groups excluding carboxylic acids is 2. The van der Waals surface area contributed by atoms with Crippen LogP contribution in [0.15, 0.2) is 48.5 Å². The van der Waals surface area contributed by atoms with Crippen LogP contribution in [0.25, 0.3) is 11.1 Å². The van der Waals surface area contributed by atoms with Crippen LogP contribution in [-0.4, -0.2) is 55.5 Å². The minimum absolute atomic E-state index is 0.0163. The number of alkyl carbamates (subject to hydrolysis) is 1. The maximum Gasteiger partial charge on any atom is 0.407 e. The summed E-state index contributed by atoms with van der Waals surface area (Å²) in [5.74, 6) is -0.864. The molecule has 3 aliphatic carbocycles. The van der Waals surface area contributed by atoms with Crippen molar-refractivity contribution in [3.05, 3.63) is 59.7 Å². The zero-order valence-electron chi connectivity index (χ0n) is 19.6. The molecule has 35 heavy (non-hydrogen) atoms. The number of hydrogen-bond donors (Lipinski definition) is 3. The van der Waals surface area contributed by atoms with E-state index in [0.29, 0.717) is 18.8 Å². The lowest BCUT2D eigenvalue weighted by Gasteiger charge is -2.41. The SMILES string of the molecule is COC(CNC(=O)OCC1c2ccccc2-c2ccccc21)C(=O)N[C@@H]1C[C@@H]2CC(C(=O)O)C[C@@H]21. The van der Waals surface area contributed by atoms with Crippen molar-refractivity contribution in [1.82, 2.24) is 10.6 Å². The van der Waals surface area contributed by atoms with Gasteiger partial charge in [-0.25, -0.2) is 4.79 Å². The Labute approximate surface area is 204 Å². The first-order valence-electron chi connectivity index (χ1n) is 12.1. The van der Waals surface area contributed by atoms with Crippen molar-refractivity contribution < 1.29 is 29.0 Å². The van der Waals surface area contributed by atoms with Crippen molar-refractivity contribution >= 4 is 18.0 Å². The standard InChI is InChI=1S/C27H30N2O6/c1-34-24(25(30)29-23-12-15-10-16(26(31)32)11-21(15)23)13-28-27(33)35-14-22-19-8-4-2-6-17(19)18-7-3-5-9-20(18)22/h2-9,15-16,21-24H,10-14H2,1H3,(H,28,33)(H,29,30)(H,31,32)/t15-,16?,21-,23+,24?/m0/s1. The van der Waals surface area contributed by atoms with E-state index in [2.05, 4.69) is 34.9 Å². The van der Waals surface area contributed by atoms with E-state index in [9.17, 15) is 19.5 Å².